The van der Waals surface area contributed by atoms with Gasteiger partial charge in [0.2, 0.25) is 0 Å². The molecule has 4 heteroatoms. The molecule has 0 saturated heterocycles. The Bertz CT molecular complexity index is 386. The van der Waals surface area contributed by atoms with Crippen molar-refractivity contribution in [2.45, 2.75) is 46.7 Å². The Hall–Kier alpha value is -1.34. The SMILES string of the molecule is CCn1nc(C)c(C(C)NCCC#N)c1C. The Balaban J connectivity index is 2.79. The molecule has 0 aromatic carbocycles. The van der Waals surface area contributed by atoms with E-state index in [-0.39, 0.29) is 6.04 Å². The van der Waals surface area contributed by atoms with E-state index in [0.717, 1.165) is 18.8 Å². The van der Waals surface area contributed by atoms with Gasteiger partial charge in [-0.05, 0) is 27.7 Å². The summed E-state index contributed by atoms with van der Waals surface area (Å²) >= 11 is 0. The summed E-state index contributed by atoms with van der Waals surface area (Å²) in [5.41, 5.74) is 3.56. The standard InChI is InChI=1S/C12H20N4/c1-5-16-11(4)12(10(3)15-16)9(2)14-8-6-7-13/h9,14H,5-6,8H2,1-4H3. The van der Waals surface area contributed by atoms with Crippen LogP contribution in [0.5, 0.6) is 0 Å². The van der Waals surface area contributed by atoms with Crippen LogP contribution in [-0.2, 0) is 6.54 Å². The van der Waals surface area contributed by atoms with Gasteiger partial charge in [0.05, 0.1) is 11.8 Å². The second-order valence-corrected chi connectivity index (χ2v) is 3.98. The lowest BCUT2D eigenvalue weighted by Gasteiger charge is -2.13. The van der Waals surface area contributed by atoms with Gasteiger partial charge in [0.15, 0.2) is 0 Å². The first-order valence-corrected chi connectivity index (χ1v) is 5.76. The highest BCUT2D eigenvalue weighted by atomic mass is 15.3. The van der Waals surface area contributed by atoms with E-state index in [1.165, 1.54) is 11.3 Å². The summed E-state index contributed by atoms with van der Waals surface area (Å²) in [5.74, 6) is 0. The predicted octanol–water partition coefficient (Wildman–Crippen LogP) is 2.08. The van der Waals surface area contributed by atoms with Gasteiger partial charge in [0, 0.05) is 36.8 Å². The van der Waals surface area contributed by atoms with E-state index in [1.54, 1.807) is 0 Å². The maximum Gasteiger partial charge on any atom is 0.0644 e. The molecule has 0 amide bonds. The van der Waals surface area contributed by atoms with Crippen molar-refractivity contribution in [2.75, 3.05) is 6.54 Å². The first kappa shape index (κ1) is 12.7. The molecule has 1 heterocycles. The zero-order valence-corrected chi connectivity index (χ0v) is 10.5. The van der Waals surface area contributed by atoms with E-state index in [1.807, 2.05) is 11.6 Å². The number of aryl methyl sites for hydroxylation is 2. The van der Waals surface area contributed by atoms with Crippen LogP contribution in [0.15, 0.2) is 0 Å². The number of aromatic nitrogens is 2. The molecule has 0 aliphatic carbocycles. The van der Waals surface area contributed by atoms with Crippen molar-refractivity contribution in [3.63, 3.8) is 0 Å². The van der Waals surface area contributed by atoms with Crippen LogP contribution in [0.4, 0.5) is 0 Å². The van der Waals surface area contributed by atoms with Gasteiger partial charge < -0.3 is 5.32 Å². The molecule has 1 aromatic rings. The van der Waals surface area contributed by atoms with E-state index in [4.69, 9.17) is 5.26 Å². The van der Waals surface area contributed by atoms with Crippen LogP contribution in [0.3, 0.4) is 0 Å². The Labute approximate surface area is 97.3 Å². The predicted molar refractivity (Wildman–Crippen MR) is 64.0 cm³/mol. The van der Waals surface area contributed by atoms with E-state index in [0.29, 0.717) is 6.42 Å². The number of nitrogens with zero attached hydrogens (tertiary/aromatic N) is 3. The lowest BCUT2D eigenvalue weighted by Crippen LogP contribution is -2.20. The first-order valence-electron chi connectivity index (χ1n) is 5.76. The quantitative estimate of drug-likeness (QED) is 0.773. The van der Waals surface area contributed by atoms with E-state index in [2.05, 4.69) is 37.3 Å². The number of nitriles is 1. The topological polar surface area (TPSA) is 53.6 Å². The lowest BCUT2D eigenvalue weighted by atomic mass is 10.1. The minimum atomic E-state index is 0.258. The molecular weight excluding hydrogens is 200 g/mol. The first-order chi connectivity index (χ1) is 7.61. The van der Waals surface area contributed by atoms with Gasteiger partial charge in [-0.3, -0.25) is 4.68 Å². The van der Waals surface area contributed by atoms with E-state index < -0.39 is 0 Å². The van der Waals surface area contributed by atoms with Crippen LogP contribution >= 0.6 is 0 Å². The Morgan fingerprint density at radius 2 is 2.19 bits per heavy atom. The average Bonchev–Trinajstić information content (AvgIpc) is 2.54. The smallest absolute Gasteiger partial charge is 0.0644 e. The summed E-state index contributed by atoms with van der Waals surface area (Å²) in [5, 5.41) is 16.3. The molecule has 0 radical (unpaired) electrons. The van der Waals surface area contributed by atoms with Gasteiger partial charge in [-0.25, -0.2) is 0 Å². The van der Waals surface area contributed by atoms with Crippen molar-refractivity contribution in [3.05, 3.63) is 17.0 Å². The molecule has 0 aliphatic heterocycles. The monoisotopic (exact) mass is 220 g/mol. The zero-order valence-electron chi connectivity index (χ0n) is 10.5. The number of hydrogen-bond acceptors (Lipinski definition) is 3. The van der Waals surface area contributed by atoms with Gasteiger partial charge >= 0.3 is 0 Å². The fourth-order valence-corrected chi connectivity index (χ4v) is 2.09. The number of hydrogen-bond donors (Lipinski definition) is 1. The molecule has 16 heavy (non-hydrogen) atoms. The van der Waals surface area contributed by atoms with Crippen LogP contribution in [0.2, 0.25) is 0 Å². The summed E-state index contributed by atoms with van der Waals surface area (Å²) < 4.78 is 2.02. The normalized spacial score (nSPS) is 12.4. The third-order valence-corrected chi connectivity index (χ3v) is 2.86. The highest BCUT2D eigenvalue weighted by molar-refractivity contribution is 5.27. The van der Waals surface area contributed by atoms with Gasteiger partial charge in [-0.1, -0.05) is 0 Å². The molecule has 0 spiro atoms. The Morgan fingerprint density at radius 3 is 2.69 bits per heavy atom. The Morgan fingerprint density at radius 1 is 1.50 bits per heavy atom. The van der Waals surface area contributed by atoms with Crippen LogP contribution in [0.1, 0.15) is 43.3 Å². The van der Waals surface area contributed by atoms with Crippen molar-refractivity contribution >= 4 is 0 Å². The molecule has 1 aromatic heterocycles. The van der Waals surface area contributed by atoms with Crippen LogP contribution in [0.25, 0.3) is 0 Å². The van der Waals surface area contributed by atoms with E-state index in [9.17, 15) is 0 Å². The molecule has 1 unspecified atom stereocenters. The minimum absolute atomic E-state index is 0.258. The van der Waals surface area contributed by atoms with Crippen LogP contribution in [-0.4, -0.2) is 16.3 Å². The second kappa shape index (κ2) is 5.66. The largest absolute Gasteiger partial charge is 0.309 e. The van der Waals surface area contributed by atoms with E-state index >= 15 is 0 Å². The van der Waals surface area contributed by atoms with Gasteiger partial charge in [0.1, 0.15) is 0 Å². The summed E-state index contributed by atoms with van der Waals surface area (Å²) in [4.78, 5) is 0. The van der Waals surface area contributed by atoms with Gasteiger partial charge in [0.25, 0.3) is 0 Å². The molecule has 0 fully saturated rings. The fourth-order valence-electron chi connectivity index (χ4n) is 2.09. The molecule has 0 saturated carbocycles. The highest BCUT2D eigenvalue weighted by Crippen LogP contribution is 2.21. The second-order valence-electron chi connectivity index (χ2n) is 3.98. The minimum Gasteiger partial charge on any atom is -0.309 e. The summed E-state index contributed by atoms with van der Waals surface area (Å²) in [7, 11) is 0. The molecule has 1 N–H and O–H groups in total. The Kier molecular flexibility index (Phi) is 4.51. The van der Waals surface area contributed by atoms with Crippen molar-refractivity contribution < 1.29 is 0 Å². The van der Waals surface area contributed by atoms with Gasteiger partial charge in [-0.15, -0.1) is 0 Å². The zero-order chi connectivity index (χ0) is 12.1. The maximum atomic E-state index is 8.49. The van der Waals surface area contributed by atoms with Crippen LogP contribution in [0, 0.1) is 25.2 Å². The third-order valence-electron chi connectivity index (χ3n) is 2.86. The number of rotatable bonds is 5. The molecule has 88 valence electrons. The maximum absolute atomic E-state index is 8.49. The summed E-state index contributed by atoms with van der Waals surface area (Å²) in [6.07, 6.45) is 0.546. The van der Waals surface area contributed by atoms with Crippen molar-refractivity contribution in [2.24, 2.45) is 0 Å². The van der Waals surface area contributed by atoms with Crippen molar-refractivity contribution in [1.82, 2.24) is 15.1 Å². The molecule has 0 aliphatic rings. The molecule has 1 atom stereocenters. The average molecular weight is 220 g/mol. The van der Waals surface area contributed by atoms with Gasteiger partial charge in [-0.2, -0.15) is 10.4 Å². The summed E-state index contributed by atoms with van der Waals surface area (Å²) in [6, 6.07) is 2.39. The van der Waals surface area contributed by atoms with Crippen molar-refractivity contribution in [1.29, 1.82) is 5.26 Å². The molecule has 4 nitrogen and oxygen atoms in total. The third kappa shape index (κ3) is 2.61. The fraction of sp³-hybridized carbons (Fsp3) is 0.667. The van der Waals surface area contributed by atoms with Crippen LogP contribution < -0.4 is 5.32 Å². The number of nitrogens with one attached hydrogen (secondary N) is 1. The highest BCUT2D eigenvalue weighted by Gasteiger charge is 2.15. The molecular formula is C12H20N4. The molecule has 0 bridgehead atoms. The lowest BCUT2D eigenvalue weighted by molar-refractivity contribution is 0.574. The molecule has 1 rings (SSSR count). The summed E-state index contributed by atoms with van der Waals surface area (Å²) in [6.45, 7) is 9.98. The van der Waals surface area contributed by atoms with Crippen molar-refractivity contribution in [3.8, 4) is 6.07 Å².